The molecular formula is C28H33N5O2. The van der Waals surface area contributed by atoms with Crippen molar-refractivity contribution in [2.75, 3.05) is 6.54 Å². The SMILES string of the molecule is CC(NC(=O)[C@](N)(CCCN=C(N)N)C(=O)C(c1ccccc1)c1ccccc1)c1ccccc1. The summed E-state index contributed by atoms with van der Waals surface area (Å²) in [4.78, 5) is 31.8. The summed E-state index contributed by atoms with van der Waals surface area (Å²) in [5, 5.41) is 2.96. The molecule has 7 N–H and O–H groups in total. The Bertz CT molecular complexity index is 1090. The van der Waals surface area contributed by atoms with Crippen LogP contribution in [0.15, 0.2) is 96.0 Å². The highest BCUT2D eigenvalue weighted by atomic mass is 16.2. The van der Waals surface area contributed by atoms with Crippen LogP contribution in [0.25, 0.3) is 0 Å². The van der Waals surface area contributed by atoms with Crippen LogP contribution in [-0.4, -0.2) is 29.7 Å². The molecule has 35 heavy (non-hydrogen) atoms. The van der Waals surface area contributed by atoms with Crippen LogP contribution in [0.5, 0.6) is 0 Å². The zero-order valence-corrected chi connectivity index (χ0v) is 19.9. The summed E-state index contributed by atoms with van der Waals surface area (Å²) < 4.78 is 0. The van der Waals surface area contributed by atoms with Gasteiger partial charge < -0.3 is 22.5 Å². The monoisotopic (exact) mass is 471 g/mol. The highest BCUT2D eigenvalue weighted by Crippen LogP contribution is 2.31. The van der Waals surface area contributed by atoms with Gasteiger partial charge in [0, 0.05) is 6.54 Å². The molecule has 0 radical (unpaired) electrons. The Morgan fingerprint density at radius 1 is 0.829 bits per heavy atom. The zero-order valence-electron chi connectivity index (χ0n) is 19.9. The summed E-state index contributed by atoms with van der Waals surface area (Å²) in [5.74, 6) is -1.66. The number of guanidine groups is 1. The number of nitrogens with one attached hydrogen (secondary N) is 1. The van der Waals surface area contributed by atoms with Crippen LogP contribution >= 0.6 is 0 Å². The first kappa shape index (κ1) is 25.6. The molecule has 0 aliphatic rings. The molecule has 3 aromatic carbocycles. The minimum Gasteiger partial charge on any atom is -0.370 e. The highest BCUT2D eigenvalue weighted by Gasteiger charge is 2.45. The number of carbonyl (C=O) groups excluding carboxylic acids is 2. The van der Waals surface area contributed by atoms with Crippen molar-refractivity contribution in [1.29, 1.82) is 0 Å². The lowest BCUT2D eigenvalue weighted by molar-refractivity contribution is -0.137. The molecule has 0 heterocycles. The molecule has 0 saturated heterocycles. The molecule has 2 atom stereocenters. The molecule has 3 rings (SSSR count). The van der Waals surface area contributed by atoms with Crippen molar-refractivity contribution in [3.8, 4) is 0 Å². The second-order valence-electron chi connectivity index (χ2n) is 8.61. The molecule has 7 nitrogen and oxygen atoms in total. The van der Waals surface area contributed by atoms with Gasteiger partial charge in [-0.25, -0.2) is 0 Å². The predicted octanol–water partition coefficient (Wildman–Crippen LogP) is 3.02. The van der Waals surface area contributed by atoms with Gasteiger partial charge in [0.1, 0.15) is 0 Å². The number of amides is 1. The van der Waals surface area contributed by atoms with E-state index in [1.807, 2.05) is 97.9 Å². The Hall–Kier alpha value is -3.97. The number of carbonyl (C=O) groups is 2. The minimum absolute atomic E-state index is 0.0486. The van der Waals surface area contributed by atoms with E-state index in [9.17, 15) is 9.59 Å². The molecule has 0 fully saturated rings. The molecule has 7 heteroatoms. The van der Waals surface area contributed by atoms with E-state index in [-0.39, 0.29) is 30.8 Å². The first-order valence-electron chi connectivity index (χ1n) is 11.7. The van der Waals surface area contributed by atoms with E-state index in [4.69, 9.17) is 17.2 Å². The van der Waals surface area contributed by atoms with E-state index in [0.717, 1.165) is 16.7 Å². The number of nitrogens with two attached hydrogens (primary N) is 3. The maximum Gasteiger partial charge on any atom is 0.248 e. The molecule has 3 aromatic rings. The van der Waals surface area contributed by atoms with Crippen LogP contribution in [0.3, 0.4) is 0 Å². The Kier molecular flexibility index (Phi) is 8.75. The van der Waals surface area contributed by atoms with Gasteiger partial charge in [-0.3, -0.25) is 14.6 Å². The van der Waals surface area contributed by atoms with Crippen molar-refractivity contribution >= 4 is 17.6 Å². The number of aliphatic imine (C=N–C) groups is 1. The van der Waals surface area contributed by atoms with Gasteiger partial charge in [-0.2, -0.15) is 0 Å². The standard InChI is InChI=1S/C28H33N5O2/c1-20(21-12-5-2-6-13-21)33-26(35)28(31,18-11-19-32-27(29)30)25(34)24(22-14-7-3-8-15-22)23-16-9-4-10-17-23/h2-10,12-17,20,24H,11,18-19,31H2,1H3,(H,33,35)(H4,29,30,32)/t20?,28-/m0/s1. The molecule has 0 aliphatic carbocycles. The summed E-state index contributed by atoms with van der Waals surface area (Å²) in [7, 11) is 0. The first-order valence-corrected chi connectivity index (χ1v) is 11.7. The first-order chi connectivity index (χ1) is 16.8. The van der Waals surface area contributed by atoms with Crippen molar-refractivity contribution in [2.45, 2.75) is 37.3 Å². The fraction of sp³-hybridized carbons (Fsp3) is 0.250. The number of Topliss-reactive ketones (excluding diaryl/α,β-unsaturated/α-hetero) is 1. The topological polar surface area (TPSA) is 137 Å². The molecule has 0 aliphatic heterocycles. The quantitative estimate of drug-likeness (QED) is 0.147. The molecule has 1 unspecified atom stereocenters. The maximum absolute atomic E-state index is 14.2. The average molecular weight is 472 g/mol. The zero-order chi connectivity index (χ0) is 25.3. The van der Waals surface area contributed by atoms with Crippen LogP contribution < -0.4 is 22.5 Å². The smallest absolute Gasteiger partial charge is 0.248 e. The number of nitrogens with zero attached hydrogens (tertiary/aromatic N) is 1. The normalized spacial score (nSPS) is 13.5. The van der Waals surface area contributed by atoms with Crippen LogP contribution in [0.4, 0.5) is 0 Å². The van der Waals surface area contributed by atoms with Gasteiger partial charge in [0.2, 0.25) is 5.91 Å². The van der Waals surface area contributed by atoms with E-state index >= 15 is 0 Å². The van der Waals surface area contributed by atoms with Crippen molar-refractivity contribution in [3.05, 3.63) is 108 Å². The van der Waals surface area contributed by atoms with Gasteiger partial charge in [-0.15, -0.1) is 0 Å². The van der Waals surface area contributed by atoms with E-state index in [0.29, 0.717) is 6.42 Å². The second-order valence-corrected chi connectivity index (χ2v) is 8.61. The summed E-state index contributed by atoms with van der Waals surface area (Å²) in [6.45, 7) is 2.13. The van der Waals surface area contributed by atoms with Crippen molar-refractivity contribution < 1.29 is 9.59 Å². The fourth-order valence-corrected chi connectivity index (χ4v) is 4.11. The fourth-order valence-electron chi connectivity index (χ4n) is 4.11. The van der Waals surface area contributed by atoms with Gasteiger partial charge in [-0.05, 0) is 36.5 Å². The number of hydrogen-bond acceptors (Lipinski definition) is 4. The Morgan fingerprint density at radius 3 is 1.74 bits per heavy atom. The van der Waals surface area contributed by atoms with Gasteiger partial charge in [0.05, 0.1) is 12.0 Å². The van der Waals surface area contributed by atoms with E-state index in [2.05, 4.69) is 10.3 Å². The summed E-state index contributed by atoms with van der Waals surface area (Å²) in [6.07, 6.45) is 0.454. The van der Waals surface area contributed by atoms with Crippen LogP contribution in [-0.2, 0) is 9.59 Å². The average Bonchev–Trinajstić information content (AvgIpc) is 2.88. The number of ketones is 1. The molecule has 1 amide bonds. The molecule has 182 valence electrons. The predicted molar refractivity (Wildman–Crippen MR) is 140 cm³/mol. The largest absolute Gasteiger partial charge is 0.370 e. The Labute approximate surface area is 206 Å². The van der Waals surface area contributed by atoms with Gasteiger partial charge >= 0.3 is 0 Å². The molecule has 0 saturated carbocycles. The minimum atomic E-state index is -1.79. The number of hydrogen-bond donors (Lipinski definition) is 4. The molecule has 0 aromatic heterocycles. The lowest BCUT2D eigenvalue weighted by atomic mass is 9.76. The number of benzene rings is 3. The van der Waals surface area contributed by atoms with Gasteiger partial charge in [0.15, 0.2) is 17.3 Å². The van der Waals surface area contributed by atoms with Gasteiger partial charge in [0.25, 0.3) is 0 Å². The molecular weight excluding hydrogens is 438 g/mol. The Morgan fingerprint density at radius 2 is 1.29 bits per heavy atom. The number of rotatable bonds is 11. The molecule has 0 spiro atoms. The third kappa shape index (κ3) is 6.55. The second kappa shape index (κ2) is 11.9. The van der Waals surface area contributed by atoms with E-state index in [1.54, 1.807) is 0 Å². The lowest BCUT2D eigenvalue weighted by Gasteiger charge is -2.32. The highest BCUT2D eigenvalue weighted by molar-refractivity contribution is 6.14. The van der Waals surface area contributed by atoms with Crippen molar-refractivity contribution in [3.63, 3.8) is 0 Å². The Balaban J connectivity index is 1.97. The third-order valence-corrected chi connectivity index (χ3v) is 6.04. The van der Waals surface area contributed by atoms with Crippen LogP contribution in [0.2, 0.25) is 0 Å². The maximum atomic E-state index is 14.2. The summed E-state index contributed by atoms with van der Waals surface area (Å²) in [6, 6.07) is 27.9. The van der Waals surface area contributed by atoms with E-state index in [1.165, 1.54) is 0 Å². The molecule has 0 bridgehead atoms. The third-order valence-electron chi connectivity index (χ3n) is 6.04. The summed E-state index contributed by atoms with van der Waals surface area (Å²) in [5.41, 5.74) is 18.3. The van der Waals surface area contributed by atoms with Gasteiger partial charge in [-0.1, -0.05) is 91.0 Å². The van der Waals surface area contributed by atoms with E-state index < -0.39 is 17.4 Å². The van der Waals surface area contributed by atoms with Crippen LogP contribution in [0, 0.1) is 0 Å². The lowest BCUT2D eigenvalue weighted by Crippen LogP contribution is -2.61. The van der Waals surface area contributed by atoms with Crippen LogP contribution in [0.1, 0.15) is 48.4 Å². The summed E-state index contributed by atoms with van der Waals surface area (Å²) >= 11 is 0. The van der Waals surface area contributed by atoms with Crippen molar-refractivity contribution in [2.24, 2.45) is 22.2 Å². The van der Waals surface area contributed by atoms with Crippen molar-refractivity contribution in [1.82, 2.24) is 5.32 Å².